The zero-order valence-corrected chi connectivity index (χ0v) is 13.4. The summed E-state index contributed by atoms with van der Waals surface area (Å²) in [4.78, 5) is 11.6. The van der Waals surface area contributed by atoms with E-state index in [1.807, 2.05) is 42.5 Å². The van der Waals surface area contributed by atoms with Crippen LogP contribution < -0.4 is 0 Å². The molecule has 0 bridgehead atoms. The summed E-state index contributed by atoms with van der Waals surface area (Å²) in [7, 11) is 0. The Morgan fingerprint density at radius 1 is 0.913 bits per heavy atom. The van der Waals surface area contributed by atoms with Gasteiger partial charge in [-0.05, 0) is 35.3 Å². The minimum atomic E-state index is -0.288. The molecule has 0 atom stereocenters. The van der Waals surface area contributed by atoms with E-state index in [0.717, 1.165) is 29.5 Å². The van der Waals surface area contributed by atoms with Crippen LogP contribution in [0.25, 0.3) is 18.2 Å². The maximum atomic E-state index is 11.6. The highest BCUT2D eigenvalue weighted by molar-refractivity contribution is 5.87. The lowest BCUT2D eigenvalue weighted by atomic mass is 10.1. The highest BCUT2D eigenvalue weighted by atomic mass is 16.5. The molecular formula is C21H22O2. The van der Waals surface area contributed by atoms with Gasteiger partial charge < -0.3 is 4.74 Å². The van der Waals surface area contributed by atoms with E-state index in [1.54, 1.807) is 6.08 Å². The lowest BCUT2D eigenvalue weighted by molar-refractivity contribution is -0.137. The van der Waals surface area contributed by atoms with E-state index in [-0.39, 0.29) is 5.97 Å². The molecular weight excluding hydrogens is 284 g/mol. The lowest BCUT2D eigenvalue weighted by Gasteiger charge is -2.00. The van der Waals surface area contributed by atoms with E-state index >= 15 is 0 Å². The molecule has 2 rings (SSSR count). The molecule has 0 saturated carbocycles. The van der Waals surface area contributed by atoms with Crippen LogP contribution >= 0.6 is 0 Å². The number of unbranched alkanes of at least 4 members (excludes halogenated alkanes) is 1. The first kappa shape index (κ1) is 16.8. The molecule has 0 amide bonds. The first-order valence-corrected chi connectivity index (χ1v) is 7.96. The molecule has 0 N–H and O–H groups in total. The first-order chi connectivity index (χ1) is 11.3. The number of benzene rings is 2. The van der Waals surface area contributed by atoms with Crippen molar-refractivity contribution in [2.45, 2.75) is 19.8 Å². The summed E-state index contributed by atoms with van der Waals surface area (Å²) in [6.07, 6.45) is 9.32. The molecule has 2 aromatic carbocycles. The van der Waals surface area contributed by atoms with E-state index in [9.17, 15) is 4.79 Å². The van der Waals surface area contributed by atoms with Crippen molar-refractivity contribution in [1.29, 1.82) is 0 Å². The highest BCUT2D eigenvalue weighted by Crippen LogP contribution is 2.11. The number of hydrogen-bond acceptors (Lipinski definition) is 2. The van der Waals surface area contributed by atoms with Gasteiger partial charge in [0.25, 0.3) is 0 Å². The normalized spacial score (nSPS) is 11.2. The molecule has 0 aromatic heterocycles. The van der Waals surface area contributed by atoms with Gasteiger partial charge in [0, 0.05) is 6.08 Å². The molecule has 0 fully saturated rings. The fourth-order valence-corrected chi connectivity index (χ4v) is 2.05. The molecule has 2 aromatic rings. The monoisotopic (exact) mass is 306 g/mol. The average molecular weight is 306 g/mol. The van der Waals surface area contributed by atoms with E-state index in [2.05, 4.69) is 31.2 Å². The first-order valence-electron chi connectivity index (χ1n) is 7.96. The van der Waals surface area contributed by atoms with E-state index in [4.69, 9.17) is 4.74 Å². The van der Waals surface area contributed by atoms with E-state index in [0.29, 0.717) is 6.61 Å². The molecule has 0 aliphatic heterocycles. The molecule has 0 unspecified atom stereocenters. The summed E-state index contributed by atoms with van der Waals surface area (Å²) in [5, 5.41) is 0. The van der Waals surface area contributed by atoms with Crippen LogP contribution in [0.2, 0.25) is 0 Å². The molecule has 0 heterocycles. The molecule has 2 nitrogen and oxygen atoms in total. The fraction of sp³-hybridized carbons (Fsp3) is 0.190. The number of ether oxygens (including phenoxy) is 1. The standard InChI is InChI=1S/C21H22O2/c1-2-3-16-23-21(22)15-14-20-11-7-10-19(17-20)13-12-18-8-5-4-6-9-18/h4-15,17H,2-3,16H2,1H3/b13-12?,15-14+. The fourth-order valence-electron chi connectivity index (χ4n) is 2.05. The summed E-state index contributed by atoms with van der Waals surface area (Å²) in [6, 6.07) is 18.2. The molecule has 0 spiro atoms. The maximum Gasteiger partial charge on any atom is 0.330 e. The van der Waals surface area contributed by atoms with Gasteiger partial charge in [-0.15, -0.1) is 0 Å². The van der Waals surface area contributed by atoms with Crippen molar-refractivity contribution in [1.82, 2.24) is 0 Å². The summed E-state index contributed by atoms with van der Waals surface area (Å²) in [5.74, 6) is -0.288. The van der Waals surface area contributed by atoms with Gasteiger partial charge in [-0.3, -0.25) is 0 Å². The van der Waals surface area contributed by atoms with Crippen LogP contribution in [0.3, 0.4) is 0 Å². The second kappa shape index (κ2) is 9.42. The van der Waals surface area contributed by atoms with Crippen LogP contribution in [0.4, 0.5) is 0 Å². The van der Waals surface area contributed by atoms with E-state index < -0.39 is 0 Å². The Morgan fingerprint density at radius 3 is 2.30 bits per heavy atom. The zero-order valence-electron chi connectivity index (χ0n) is 13.4. The van der Waals surface area contributed by atoms with Crippen molar-refractivity contribution in [3.8, 4) is 0 Å². The van der Waals surface area contributed by atoms with Crippen LogP contribution in [0, 0.1) is 0 Å². The molecule has 0 aliphatic carbocycles. The number of hydrogen-bond donors (Lipinski definition) is 0. The Bertz CT molecular complexity index is 669. The highest BCUT2D eigenvalue weighted by Gasteiger charge is 1.96. The Balaban J connectivity index is 1.97. The molecule has 0 radical (unpaired) electrons. The predicted octanol–water partition coefficient (Wildman–Crippen LogP) is 5.21. The molecule has 0 aliphatic rings. The van der Waals surface area contributed by atoms with Crippen molar-refractivity contribution >= 4 is 24.2 Å². The van der Waals surface area contributed by atoms with Crippen LogP contribution in [-0.2, 0) is 9.53 Å². The van der Waals surface area contributed by atoms with Crippen LogP contribution in [0.5, 0.6) is 0 Å². The second-order valence-electron chi connectivity index (χ2n) is 5.27. The molecule has 0 saturated heterocycles. The van der Waals surface area contributed by atoms with Crippen molar-refractivity contribution in [3.05, 3.63) is 77.4 Å². The van der Waals surface area contributed by atoms with Crippen LogP contribution in [0.15, 0.2) is 60.7 Å². The van der Waals surface area contributed by atoms with Gasteiger partial charge >= 0.3 is 5.97 Å². The third kappa shape index (κ3) is 6.35. The van der Waals surface area contributed by atoms with Gasteiger partial charge in [-0.2, -0.15) is 0 Å². The van der Waals surface area contributed by atoms with Gasteiger partial charge in [0.2, 0.25) is 0 Å². The Labute approximate surface area is 138 Å². The molecule has 118 valence electrons. The topological polar surface area (TPSA) is 26.3 Å². The van der Waals surface area contributed by atoms with Gasteiger partial charge in [-0.25, -0.2) is 4.79 Å². The van der Waals surface area contributed by atoms with Crippen molar-refractivity contribution < 1.29 is 9.53 Å². The summed E-state index contributed by atoms with van der Waals surface area (Å²) in [5.41, 5.74) is 3.23. The number of carbonyl (C=O) groups excluding carboxylic acids is 1. The van der Waals surface area contributed by atoms with Gasteiger partial charge in [-0.1, -0.05) is 74.0 Å². The predicted molar refractivity (Wildman–Crippen MR) is 96.7 cm³/mol. The van der Waals surface area contributed by atoms with Gasteiger partial charge in [0.15, 0.2) is 0 Å². The van der Waals surface area contributed by atoms with Crippen LogP contribution in [0.1, 0.15) is 36.5 Å². The minimum absolute atomic E-state index is 0.288. The Kier molecular flexibility index (Phi) is 6.86. The molecule has 2 heteroatoms. The van der Waals surface area contributed by atoms with Gasteiger partial charge in [0.1, 0.15) is 0 Å². The smallest absolute Gasteiger partial charge is 0.330 e. The maximum absolute atomic E-state index is 11.6. The van der Waals surface area contributed by atoms with Crippen molar-refractivity contribution in [2.24, 2.45) is 0 Å². The van der Waals surface area contributed by atoms with Gasteiger partial charge in [0.05, 0.1) is 6.61 Å². The minimum Gasteiger partial charge on any atom is -0.463 e. The zero-order chi connectivity index (χ0) is 16.3. The summed E-state index contributed by atoms with van der Waals surface area (Å²) in [6.45, 7) is 2.55. The third-order valence-corrected chi connectivity index (χ3v) is 3.33. The number of rotatable bonds is 7. The van der Waals surface area contributed by atoms with Crippen LogP contribution in [-0.4, -0.2) is 12.6 Å². The quantitative estimate of drug-likeness (QED) is 0.304. The Hall–Kier alpha value is -2.61. The number of carbonyl (C=O) groups is 1. The van der Waals surface area contributed by atoms with Crippen molar-refractivity contribution in [3.63, 3.8) is 0 Å². The number of esters is 1. The largest absolute Gasteiger partial charge is 0.463 e. The molecule has 23 heavy (non-hydrogen) atoms. The Morgan fingerprint density at radius 2 is 1.57 bits per heavy atom. The summed E-state index contributed by atoms with van der Waals surface area (Å²) < 4.78 is 5.10. The second-order valence-corrected chi connectivity index (χ2v) is 5.27. The van der Waals surface area contributed by atoms with Crippen molar-refractivity contribution in [2.75, 3.05) is 6.61 Å². The SMILES string of the molecule is CCCCOC(=O)/C=C/c1cccc(C=Cc2ccccc2)c1. The summed E-state index contributed by atoms with van der Waals surface area (Å²) >= 11 is 0. The third-order valence-electron chi connectivity index (χ3n) is 3.33. The van der Waals surface area contributed by atoms with E-state index in [1.165, 1.54) is 6.08 Å². The average Bonchev–Trinajstić information content (AvgIpc) is 2.60. The lowest BCUT2D eigenvalue weighted by Crippen LogP contribution is -2.01.